The number of benzene rings is 1. The van der Waals surface area contributed by atoms with Crippen molar-refractivity contribution in [3.05, 3.63) is 41.1 Å². The zero-order chi connectivity index (χ0) is 16.3. The highest BCUT2D eigenvalue weighted by molar-refractivity contribution is 7.80. The summed E-state index contributed by atoms with van der Waals surface area (Å²) in [7, 11) is 3.44. The van der Waals surface area contributed by atoms with Crippen molar-refractivity contribution in [2.24, 2.45) is 0 Å². The number of ether oxygens (including phenoxy) is 2. The minimum atomic E-state index is -0.331. The van der Waals surface area contributed by atoms with Crippen molar-refractivity contribution < 1.29 is 14.3 Å². The van der Waals surface area contributed by atoms with E-state index in [4.69, 9.17) is 21.7 Å². The van der Waals surface area contributed by atoms with Crippen LogP contribution in [0.25, 0.3) is 0 Å². The summed E-state index contributed by atoms with van der Waals surface area (Å²) in [6, 6.07) is 7.22. The van der Waals surface area contributed by atoms with Crippen molar-refractivity contribution in [3.8, 4) is 5.75 Å². The third-order valence-corrected chi connectivity index (χ3v) is 4.09. The van der Waals surface area contributed by atoms with Crippen molar-refractivity contribution in [2.75, 3.05) is 20.8 Å². The molecule has 1 heterocycles. The van der Waals surface area contributed by atoms with Crippen LogP contribution in [0, 0.1) is 0 Å². The number of nitrogens with zero attached hydrogens (tertiary/aromatic N) is 1. The highest BCUT2D eigenvalue weighted by Crippen LogP contribution is 2.31. The molecule has 1 N–H and O–H groups in total. The molecule has 0 aromatic heterocycles. The third-order valence-electron chi connectivity index (χ3n) is 3.70. The Morgan fingerprint density at radius 1 is 1.36 bits per heavy atom. The van der Waals surface area contributed by atoms with E-state index < -0.39 is 0 Å². The quantitative estimate of drug-likeness (QED) is 0.679. The standard InChI is InChI=1S/C16H20N2O3S/c1-5-21-15(19)13-10(2)18(3)16(22)17-14(13)11-6-8-12(20-4)9-7-11/h6-9,14H,5H2,1-4H3,(H,17,22). The molecule has 0 spiro atoms. The van der Waals surface area contributed by atoms with Gasteiger partial charge in [-0.2, -0.15) is 0 Å². The number of allylic oxidation sites excluding steroid dienone is 1. The van der Waals surface area contributed by atoms with Gasteiger partial charge >= 0.3 is 5.97 Å². The molecule has 6 heteroatoms. The molecule has 1 unspecified atom stereocenters. The number of carbonyl (C=O) groups is 1. The first-order chi connectivity index (χ1) is 10.5. The monoisotopic (exact) mass is 320 g/mol. The predicted molar refractivity (Wildman–Crippen MR) is 88.6 cm³/mol. The molecule has 0 amide bonds. The van der Waals surface area contributed by atoms with E-state index in [0.29, 0.717) is 17.3 Å². The lowest BCUT2D eigenvalue weighted by Gasteiger charge is -2.35. The molecule has 1 atom stereocenters. The van der Waals surface area contributed by atoms with Gasteiger partial charge in [-0.05, 0) is 43.8 Å². The second-order valence-corrected chi connectivity index (χ2v) is 5.32. The molecule has 0 fully saturated rings. The minimum absolute atomic E-state index is 0.325. The molecular formula is C16H20N2O3S. The minimum Gasteiger partial charge on any atom is -0.497 e. The van der Waals surface area contributed by atoms with E-state index in [0.717, 1.165) is 17.0 Å². The summed E-state index contributed by atoms with van der Waals surface area (Å²) in [5.41, 5.74) is 2.30. The summed E-state index contributed by atoms with van der Waals surface area (Å²) < 4.78 is 10.4. The number of esters is 1. The molecular weight excluding hydrogens is 300 g/mol. The second kappa shape index (κ2) is 6.79. The summed E-state index contributed by atoms with van der Waals surface area (Å²) in [4.78, 5) is 14.1. The SMILES string of the molecule is CCOC(=O)C1=C(C)N(C)C(=S)NC1c1ccc(OC)cc1. The van der Waals surface area contributed by atoms with Gasteiger partial charge in [0, 0.05) is 12.7 Å². The van der Waals surface area contributed by atoms with Crippen LogP contribution in [-0.4, -0.2) is 36.7 Å². The van der Waals surface area contributed by atoms with Gasteiger partial charge in [0.05, 0.1) is 25.3 Å². The summed E-state index contributed by atoms with van der Waals surface area (Å²) in [6.07, 6.45) is 0. The van der Waals surface area contributed by atoms with E-state index in [-0.39, 0.29) is 12.0 Å². The van der Waals surface area contributed by atoms with Crippen LogP contribution in [0.2, 0.25) is 0 Å². The molecule has 5 nitrogen and oxygen atoms in total. The lowest BCUT2D eigenvalue weighted by Crippen LogP contribution is -2.46. The van der Waals surface area contributed by atoms with Gasteiger partial charge in [0.1, 0.15) is 5.75 Å². The normalized spacial score (nSPS) is 18.1. The topological polar surface area (TPSA) is 50.8 Å². The largest absolute Gasteiger partial charge is 0.497 e. The van der Waals surface area contributed by atoms with Gasteiger partial charge in [-0.1, -0.05) is 12.1 Å². The molecule has 0 saturated heterocycles. The molecule has 1 aromatic carbocycles. The third kappa shape index (κ3) is 3.06. The highest BCUT2D eigenvalue weighted by atomic mass is 32.1. The van der Waals surface area contributed by atoms with Gasteiger partial charge in [0.25, 0.3) is 0 Å². The number of nitrogens with one attached hydrogen (secondary N) is 1. The lowest BCUT2D eigenvalue weighted by atomic mass is 9.95. The van der Waals surface area contributed by atoms with Crippen LogP contribution in [0.5, 0.6) is 5.75 Å². The molecule has 1 aliphatic heterocycles. The molecule has 0 aliphatic carbocycles. The van der Waals surface area contributed by atoms with Crippen LogP contribution in [-0.2, 0) is 9.53 Å². The molecule has 0 saturated carbocycles. The van der Waals surface area contributed by atoms with Crippen LogP contribution >= 0.6 is 12.2 Å². The van der Waals surface area contributed by atoms with Crippen LogP contribution in [0.4, 0.5) is 0 Å². The predicted octanol–water partition coefficient (Wildman–Crippen LogP) is 2.39. The van der Waals surface area contributed by atoms with Crippen LogP contribution in [0.3, 0.4) is 0 Å². The summed E-state index contributed by atoms with van der Waals surface area (Å²) >= 11 is 5.34. The van der Waals surface area contributed by atoms with Gasteiger partial charge < -0.3 is 19.7 Å². The first kappa shape index (κ1) is 16.3. The number of carbonyl (C=O) groups excluding carboxylic acids is 1. The van der Waals surface area contributed by atoms with E-state index in [1.165, 1.54) is 0 Å². The van der Waals surface area contributed by atoms with Gasteiger partial charge in [-0.3, -0.25) is 0 Å². The first-order valence-electron chi connectivity index (χ1n) is 7.05. The summed E-state index contributed by atoms with van der Waals surface area (Å²) in [5, 5.41) is 3.77. The van der Waals surface area contributed by atoms with E-state index in [1.807, 2.05) is 38.2 Å². The van der Waals surface area contributed by atoms with E-state index in [9.17, 15) is 4.79 Å². The smallest absolute Gasteiger partial charge is 0.338 e. The van der Waals surface area contributed by atoms with Crippen LogP contribution < -0.4 is 10.1 Å². The fraction of sp³-hybridized carbons (Fsp3) is 0.375. The van der Waals surface area contributed by atoms with Gasteiger partial charge in [0.2, 0.25) is 0 Å². The van der Waals surface area contributed by atoms with E-state index in [1.54, 1.807) is 18.9 Å². The number of thiocarbonyl (C=S) groups is 1. The Bertz CT molecular complexity index is 610. The van der Waals surface area contributed by atoms with E-state index >= 15 is 0 Å². The Morgan fingerprint density at radius 2 is 2.00 bits per heavy atom. The molecule has 1 aliphatic rings. The maximum atomic E-state index is 12.4. The number of rotatable bonds is 4. The average molecular weight is 320 g/mol. The van der Waals surface area contributed by atoms with Crippen molar-refractivity contribution in [1.82, 2.24) is 10.2 Å². The van der Waals surface area contributed by atoms with Crippen molar-refractivity contribution in [1.29, 1.82) is 0 Å². The molecule has 2 rings (SSSR count). The van der Waals surface area contributed by atoms with Crippen LogP contribution in [0.1, 0.15) is 25.5 Å². The van der Waals surface area contributed by atoms with Gasteiger partial charge in [-0.25, -0.2) is 4.79 Å². The number of methoxy groups -OCH3 is 1. The van der Waals surface area contributed by atoms with Crippen molar-refractivity contribution >= 4 is 23.3 Å². The molecule has 118 valence electrons. The lowest BCUT2D eigenvalue weighted by molar-refractivity contribution is -0.139. The van der Waals surface area contributed by atoms with Crippen molar-refractivity contribution in [2.45, 2.75) is 19.9 Å². The van der Waals surface area contributed by atoms with Gasteiger partial charge in [0.15, 0.2) is 5.11 Å². The Hall–Kier alpha value is -2.08. The second-order valence-electron chi connectivity index (χ2n) is 4.93. The molecule has 0 radical (unpaired) electrons. The Labute approximate surface area is 135 Å². The summed E-state index contributed by atoms with van der Waals surface area (Å²) in [6.45, 7) is 4.00. The molecule has 22 heavy (non-hydrogen) atoms. The Balaban J connectivity index is 2.45. The maximum Gasteiger partial charge on any atom is 0.338 e. The van der Waals surface area contributed by atoms with E-state index in [2.05, 4.69) is 5.32 Å². The zero-order valence-corrected chi connectivity index (χ0v) is 14.0. The Morgan fingerprint density at radius 3 is 2.55 bits per heavy atom. The number of hydrogen-bond donors (Lipinski definition) is 1. The fourth-order valence-corrected chi connectivity index (χ4v) is 2.61. The first-order valence-corrected chi connectivity index (χ1v) is 7.46. The molecule has 0 bridgehead atoms. The van der Waals surface area contributed by atoms with Crippen molar-refractivity contribution in [3.63, 3.8) is 0 Å². The highest BCUT2D eigenvalue weighted by Gasteiger charge is 2.33. The average Bonchev–Trinajstić information content (AvgIpc) is 2.52. The van der Waals surface area contributed by atoms with Gasteiger partial charge in [-0.15, -0.1) is 0 Å². The Kier molecular flexibility index (Phi) is 5.03. The maximum absolute atomic E-state index is 12.4. The summed E-state index contributed by atoms with van der Waals surface area (Å²) in [5.74, 6) is 0.431. The molecule has 1 aromatic rings. The van der Waals surface area contributed by atoms with Crippen LogP contribution in [0.15, 0.2) is 35.5 Å². The fourth-order valence-electron chi connectivity index (χ4n) is 2.36. The zero-order valence-electron chi connectivity index (χ0n) is 13.2. The number of hydrogen-bond acceptors (Lipinski definition) is 4.